The van der Waals surface area contributed by atoms with Gasteiger partial charge in [-0.3, -0.25) is 14.5 Å². The second kappa shape index (κ2) is 9.14. The maximum Gasteiger partial charge on any atom is 0.296 e. The first kappa shape index (κ1) is 21.9. The maximum absolute atomic E-state index is 13.1. The van der Waals surface area contributed by atoms with Gasteiger partial charge >= 0.3 is 0 Å². The van der Waals surface area contributed by atoms with E-state index in [1.807, 2.05) is 35.7 Å². The van der Waals surface area contributed by atoms with Crippen LogP contribution < -0.4 is 4.90 Å². The third kappa shape index (κ3) is 4.22. The minimum atomic E-state index is -0.822. The van der Waals surface area contributed by atoms with Gasteiger partial charge in [0, 0.05) is 15.7 Å². The predicted octanol–water partition coefficient (Wildman–Crippen LogP) is 5.92. The number of benzene rings is 1. The molecule has 0 spiro atoms. The molecule has 0 radical (unpaired) electrons. The van der Waals surface area contributed by atoms with Crippen LogP contribution in [-0.4, -0.2) is 27.0 Å². The predicted molar refractivity (Wildman–Crippen MR) is 128 cm³/mol. The van der Waals surface area contributed by atoms with Gasteiger partial charge in [-0.2, -0.15) is 0 Å². The van der Waals surface area contributed by atoms with E-state index in [4.69, 9.17) is 16.0 Å². The Kier molecular flexibility index (Phi) is 6.07. The first-order chi connectivity index (χ1) is 16.0. The van der Waals surface area contributed by atoms with Gasteiger partial charge in [0.1, 0.15) is 6.04 Å². The van der Waals surface area contributed by atoms with E-state index in [2.05, 4.69) is 10.2 Å². The topological polar surface area (TPSA) is 96.5 Å². The van der Waals surface area contributed by atoms with Crippen molar-refractivity contribution in [2.24, 2.45) is 0 Å². The molecular formula is C22H14ClN3O4S3. The molecule has 4 aromatic rings. The first-order valence-electron chi connectivity index (χ1n) is 9.62. The number of anilines is 1. The molecule has 5 rings (SSSR count). The number of halogens is 1. The van der Waals surface area contributed by atoms with Crippen molar-refractivity contribution >= 4 is 62.9 Å². The average molecular weight is 516 g/mol. The number of nitrogens with zero attached hydrogens (tertiary/aromatic N) is 3. The third-order valence-corrected chi connectivity index (χ3v) is 8.19. The summed E-state index contributed by atoms with van der Waals surface area (Å²) in [5.41, 5.74) is 1.03. The second-order valence-corrected chi connectivity index (χ2v) is 10.5. The largest absolute Gasteiger partial charge is 0.503 e. The molecule has 0 saturated heterocycles. The van der Waals surface area contributed by atoms with E-state index in [9.17, 15) is 14.7 Å². The van der Waals surface area contributed by atoms with E-state index in [0.29, 0.717) is 25.1 Å². The van der Waals surface area contributed by atoms with Crippen LogP contribution in [0.15, 0.2) is 80.3 Å². The number of carbonyl (C=O) groups excluding carboxylic acids is 2. The highest BCUT2D eigenvalue weighted by Crippen LogP contribution is 2.45. The Balaban J connectivity index is 1.44. The fourth-order valence-electron chi connectivity index (χ4n) is 3.37. The quantitative estimate of drug-likeness (QED) is 0.185. The van der Waals surface area contributed by atoms with Crippen LogP contribution in [0, 0.1) is 0 Å². The number of hydrogen-bond acceptors (Lipinski definition) is 9. The lowest BCUT2D eigenvalue weighted by molar-refractivity contribution is -0.117. The monoisotopic (exact) mass is 515 g/mol. The Hall–Kier alpha value is -2.92. The van der Waals surface area contributed by atoms with Crippen molar-refractivity contribution < 1.29 is 19.1 Å². The molecular weight excluding hydrogens is 502 g/mol. The van der Waals surface area contributed by atoms with Crippen LogP contribution in [0.2, 0.25) is 5.02 Å². The zero-order valence-corrected chi connectivity index (χ0v) is 19.9. The second-order valence-electron chi connectivity index (χ2n) is 6.93. The summed E-state index contributed by atoms with van der Waals surface area (Å²) in [4.78, 5) is 28.2. The zero-order chi connectivity index (χ0) is 22.9. The van der Waals surface area contributed by atoms with Gasteiger partial charge < -0.3 is 9.52 Å². The number of rotatable bonds is 7. The number of thiophene rings is 1. The number of carbonyl (C=O) groups is 2. The highest BCUT2D eigenvalue weighted by Gasteiger charge is 2.47. The van der Waals surface area contributed by atoms with Crippen LogP contribution >= 0.6 is 46.0 Å². The molecule has 1 unspecified atom stereocenters. The fraction of sp³-hybridized carbons (Fsp3) is 0.0909. The minimum Gasteiger partial charge on any atom is -0.503 e. The lowest BCUT2D eigenvalue weighted by Gasteiger charge is -2.22. The van der Waals surface area contributed by atoms with Crippen LogP contribution in [-0.2, 0) is 10.5 Å². The molecule has 11 heteroatoms. The molecule has 1 atom stereocenters. The number of thioether (sulfide) groups is 1. The van der Waals surface area contributed by atoms with Gasteiger partial charge in [-0.25, -0.2) is 0 Å². The summed E-state index contributed by atoms with van der Waals surface area (Å²) in [6.07, 6.45) is 1.37. The lowest BCUT2D eigenvalue weighted by atomic mass is 10.0. The standard InChI is InChI=1S/C22H14ClN3O4S3/c23-13-7-5-12(6-8-13)11-32-22-25-24-21(33-22)26-17(15-4-2-10-31-15)16(19(28)20(26)29)18(27)14-3-1-9-30-14/h1-10,17,28H,11H2. The molecule has 0 aliphatic carbocycles. The molecule has 7 nitrogen and oxygen atoms in total. The average Bonchev–Trinajstić information content (AvgIpc) is 3.62. The lowest BCUT2D eigenvalue weighted by Crippen LogP contribution is -2.30. The number of furan rings is 1. The van der Waals surface area contributed by atoms with Gasteiger partial charge in [0.05, 0.1) is 11.8 Å². The molecule has 33 heavy (non-hydrogen) atoms. The van der Waals surface area contributed by atoms with Crippen molar-refractivity contribution in [3.63, 3.8) is 0 Å². The van der Waals surface area contributed by atoms with Crippen LogP contribution in [0.5, 0.6) is 0 Å². The van der Waals surface area contributed by atoms with E-state index in [0.717, 1.165) is 5.56 Å². The zero-order valence-electron chi connectivity index (χ0n) is 16.7. The molecule has 0 bridgehead atoms. The molecule has 1 aliphatic rings. The molecule has 1 N–H and O–H groups in total. The number of Topliss-reactive ketones (excluding diaryl/α,β-unsaturated/α-hetero) is 1. The SMILES string of the molecule is O=C(C1=C(O)C(=O)N(c2nnc(SCc3ccc(Cl)cc3)s2)C1c1cccs1)c1ccco1. The van der Waals surface area contributed by atoms with Crippen molar-refractivity contribution in [2.45, 2.75) is 16.1 Å². The van der Waals surface area contributed by atoms with E-state index >= 15 is 0 Å². The number of hydrogen-bond donors (Lipinski definition) is 1. The van der Waals surface area contributed by atoms with Gasteiger partial charge in [0.15, 0.2) is 15.9 Å². The molecule has 4 heterocycles. The molecule has 3 aromatic heterocycles. The highest BCUT2D eigenvalue weighted by molar-refractivity contribution is 8.00. The Morgan fingerprint density at radius 2 is 2.00 bits per heavy atom. The summed E-state index contributed by atoms with van der Waals surface area (Å²) in [5.74, 6) is -1.16. The van der Waals surface area contributed by atoms with E-state index in [1.165, 1.54) is 51.7 Å². The smallest absolute Gasteiger partial charge is 0.296 e. The van der Waals surface area contributed by atoms with Crippen LogP contribution in [0.1, 0.15) is 27.0 Å². The number of amides is 1. The van der Waals surface area contributed by atoms with Crippen LogP contribution in [0.25, 0.3) is 0 Å². The third-order valence-electron chi connectivity index (χ3n) is 4.89. The van der Waals surface area contributed by atoms with E-state index in [1.54, 1.807) is 12.1 Å². The first-order valence-corrected chi connectivity index (χ1v) is 12.7. The van der Waals surface area contributed by atoms with Crippen molar-refractivity contribution in [1.29, 1.82) is 0 Å². The van der Waals surface area contributed by atoms with Gasteiger partial charge in [-0.15, -0.1) is 21.5 Å². The van der Waals surface area contributed by atoms with Crippen molar-refractivity contribution in [2.75, 3.05) is 4.90 Å². The number of aliphatic hydroxyl groups excluding tert-OH is 1. The Morgan fingerprint density at radius 3 is 2.70 bits per heavy atom. The number of aliphatic hydroxyl groups is 1. The molecule has 1 aliphatic heterocycles. The number of ketones is 1. The van der Waals surface area contributed by atoms with Crippen LogP contribution in [0.4, 0.5) is 5.13 Å². The minimum absolute atomic E-state index is 0.0389. The fourth-order valence-corrected chi connectivity index (χ4v) is 6.15. The van der Waals surface area contributed by atoms with Crippen molar-refractivity contribution in [3.05, 3.63) is 92.7 Å². The normalized spacial score (nSPS) is 16.1. The van der Waals surface area contributed by atoms with Gasteiger partial charge in [0.2, 0.25) is 10.9 Å². The Morgan fingerprint density at radius 1 is 1.18 bits per heavy atom. The summed E-state index contributed by atoms with van der Waals surface area (Å²) in [5, 5.41) is 21.9. The summed E-state index contributed by atoms with van der Waals surface area (Å²) in [6, 6.07) is 13.4. The van der Waals surface area contributed by atoms with Gasteiger partial charge in [-0.05, 0) is 41.3 Å². The van der Waals surface area contributed by atoms with E-state index < -0.39 is 23.5 Å². The van der Waals surface area contributed by atoms with Crippen molar-refractivity contribution in [1.82, 2.24) is 10.2 Å². The van der Waals surface area contributed by atoms with Gasteiger partial charge in [0.25, 0.3) is 5.91 Å². The van der Waals surface area contributed by atoms with Crippen molar-refractivity contribution in [3.8, 4) is 0 Å². The van der Waals surface area contributed by atoms with Crippen LogP contribution in [0.3, 0.4) is 0 Å². The molecule has 1 amide bonds. The Bertz CT molecular complexity index is 1330. The number of aromatic nitrogens is 2. The summed E-state index contributed by atoms with van der Waals surface area (Å²) in [7, 11) is 0. The highest BCUT2D eigenvalue weighted by atomic mass is 35.5. The summed E-state index contributed by atoms with van der Waals surface area (Å²) in [6.45, 7) is 0. The molecule has 0 fully saturated rings. The molecule has 1 aromatic carbocycles. The van der Waals surface area contributed by atoms with E-state index in [-0.39, 0.29) is 11.3 Å². The summed E-state index contributed by atoms with van der Waals surface area (Å²) < 4.78 is 5.88. The Labute approximate surface area is 205 Å². The molecule has 0 saturated carbocycles. The summed E-state index contributed by atoms with van der Waals surface area (Å²) >= 11 is 10.0. The van der Waals surface area contributed by atoms with Gasteiger partial charge in [-0.1, -0.05) is 52.9 Å². The molecule has 166 valence electrons. The maximum atomic E-state index is 13.1.